The van der Waals surface area contributed by atoms with Crippen molar-refractivity contribution in [1.29, 1.82) is 0 Å². The zero-order valence-corrected chi connectivity index (χ0v) is 9.87. The number of nitro groups is 1. The van der Waals surface area contributed by atoms with Crippen LogP contribution in [0.25, 0.3) is 0 Å². The number of hydrogen-bond donors (Lipinski definition) is 0. The van der Waals surface area contributed by atoms with Crippen molar-refractivity contribution in [2.75, 3.05) is 0 Å². The molecule has 1 aromatic carbocycles. The van der Waals surface area contributed by atoms with Crippen LogP contribution in [-0.4, -0.2) is 9.91 Å². The number of rotatable bonds is 4. The molecule has 0 radical (unpaired) electrons. The molecule has 0 fully saturated rings. The highest BCUT2D eigenvalue weighted by molar-refractivity contribution is 5.36. The summed E-state index contributed by atoms with van der Waals surface area (Å²) < 4.78 is 5.47. The summed E-state index contributed by atoms with van der Waals surface area (Å²) in [5.41, 5.74) is 1.38. The van der Waals surface area contributed by atoms with E-state index in [-0.39, 0.29) is 5.69 Å². The third kappa shape index (κ3) is 2.82. The van der Waals surface area contributed by atoms with Crippen molar-refractivity contribution < 1.29 is 9.66 Å². The van der Waals surface area contributed by atoms with Crippen LogP contribution in [0, 0.1) is 17.0 Å². The lowest BCUT2D eigenvalue weighted by Gasteiger charge is -2.05. The Morgan fingerprint density at radius 1 is 1.22 bits per heavy atom. The first-order valence-electron chi connectivity index (χ1n) is 5.45. The van der Waals surface area contributed by atoms with Crippen LogP contribution >= 0.6 is 0 Å². The molecular weight excluding hydrogens is 232 g/mol. The molecule has 0 bridgehead atoms. The molecule has 0 saturated carbocycles. The average Bonchev–Trinajstić information content (AvgIpc) is 2.37. The second-order valence-corrected chi connectivity index (χ2v) is 3.79. The van der Waals surface area contributed by atoms with Gasteiger partial charge in [-0.15, -0.1) is 0 Å². The van der Waals surface area contributed by atoms with Crippen LogP contribution in [-0.2, 0) is 6.61 Å². The van der Waals surface area contributed by atoms with Gasteiger partial charge in [0.25, 0.3) is 5.69 Å². The normalized spacial score (nSPS) is 10.1. The third-order valence-corrected chi connectivity index (χ3v) is 2.46. The molecular formula is C13H12N2O3. The largest absolute Gasteiger partial charge is 0.473 e. The molecule has 0 N–H and O–H groups in total. The number of hydrogen-bond acceptors (Lipinski definition) is 4. The maximum Gasteiger partial charge on any atom is 0.290 e. The summed E-state index contributed by atoms with van der Waals surface area (Å²) in [5, 5.41) is 10.6. The van der Waals surface area contributed by atoms with Crippen molar-refractivity contribution in [3.63, 3.8) is 0 Å². The minimum Gasteiger partial charge on any atom is -0.473 e. The molecule has 0 aliphatic carbocycles. The van der Waals surface area contributed by atoms with Crippen molar-refractivity contribution in [2.45, 2.75) is 13.5 Å². The molecule has 5 nitrogen and oxygen atoms in total. The van der Waals surface area contributed by atoms with Crippen molar-refractivity contribution >= 4 is 5.69 Å². The van der Waals surface area contributed by atoms with Gasteiger partial charge in [0, 0.05) is 12.1 Å². The first kappa shape index (κ1) is 12.0. The third-order valence-electron chi connectivity index (χ3n) is 2.46. The molecule has 18 heavy (non-hydrogen) atoms. The maximum atomic E-state index is 10.6. The van der Waals surface area contributed by atoms with Gasteiger partial charge in [0.2, 0.25) is 5.88 Å². The zero-order chi connectivity index (χ0) is 13.0. The predicted octanol–water partition coefficient (Wildman–Crippen LogP) is 2.88. The lowest BCUT2D eigenvalue weighted by Crippen LogP contribution is -2.00. The molecule has 0 aliphatic rings. The quantitative estimate of drug-likeness (QED) is 0.612. The second kappa shape index (κ2) is 5.27. The SMILES string of the molecule is Cc1nc(OCc2ccccc2)ccc1[N+](=O)[O-]. The summed E-state index contributed by atoms with van der Waals surface area (Å²) in [4.78, 5) is 14.2. The number of aryl methyl sites for hydroxylation is 1. The summed E-state index contributed by atoms with van der Waals surface area (Å²) in [7, 11) is 0. The Morgan fingerprint density at radius 2 is 1.94 bits per heavy atom. The Morgan fingerprint density at radius 3 is 2.56 bits per heavy atom. The topological polar surface area (TPSA) is 65.3 Å². The highest BCUT2D eigenvalue weighted by Crippen LogP contribution is 2.19. The fourth-order valence-electron chi connectivity index (χ4n) is 1.54. The van der Waals surface area contributed by atoms with Crippen LogP contribution in [0.1, 0.15) is 11.3 Å². The van der Waals surface area contributed by atoms with Gasteiger partial charge in [0.1, 0.15) is 12.3 Å². The zero-order valence-electron chi connectivity index (χ0n) is 9.87. The molecule has 0 saturated heterocycles. The Bertz CT molecular complexity index is 555. The Hall–Kier alpha value is -2.43. The standard InChI is InChI=1S/C13H12N2O3/c1-10-12(15(16)17)7-8-13(14-10)18-9-11-5-3-2-4-6-11/h2-8H,9H2,1H3. The van der Waals surface area contributed by atoms with E-state index in [0.29, 0.717) is 18.2 Å². The molecule has 0 aliphatic heterocycles. The fraction of sp³-hybridized carbons (Fsp3) is 0.154. The summed E-state index contributed by atoms with van der Waals surface area (Å²) >= 11 is 0. The monoisotopic (exact) mass is 244 g/mol. The van der Waals surface area contributed by atoms with E-state index in [9.17, 15) is 10.1 Å². The molecule has 1 heterocycles. The van der Waals surface area contributed by atoms with Gasteiger partial charge in [0.05, 0.1) is 4.92 Å². The summed E-state index contributed by atoms with van der Waals surface area (Å²) in [6.07, 6.45) is 0. The van der Waals surface area contributed by atoms with Gasteiger partial charge in [0.15, 0.2) is 0 Å². The van der Waals surface area contributed by atoms with Crippen molar-refractivity contribution in [2.24, 2.45) is 0 Å². The molecule has 92 valence electrons. The van der Waals surface area contributed by atoms with Gasteiger partial charge in [-0.25, -0.2) is 4.98 Å². The summed E-state index contributed by atoms with van der Waals surface area (Å²) in [5.74, 6) is 0.391. The van der Waals surface area contributed by atoms with E-state index < -0.39 is 4.92 Å². The van der Waals surface area contributed by atoms with Gasteiger partial charge in [-0.2, -0.15) is 0 Å². The number of benzene rings is 1. The van der Waals surface area contributed by atoms with Crippen molar-refractivity contribution in [3.8, 4) is 5.88 Å². The van der Waals surface area contributed by atoms with Gasteiger partial charge in [-0.3, -0.25) is 10.1 Å². The smallest absolute Gasteiger partial charge is 0.290 e. The Balaban J connectivity index is 2.07. The van der Waals surface area contributed by atoms with Gasteiger partial charge >= 0.3 is 0 Å². The van der Waals surface area contributed by atoms with E-state index in [4.69, 9.17) is 4.74 Å². The number of aromatic nitrogens is 1. The van der Waals surface area contributed by atoms with Crippen LogP contribution in [0.15, 0.2) is 42.5 Å². The molecule has 2 rings (SSSR count). The first-order valence-corrected chi connectivity index (χ1v) is 5.45. The lowest BCUT2D eigenvalue weighted by atomic mass is 10.2. The van der Waals surface area contributed by atoms with E-state index >= 15 is 0 Å². The lowest BCUT2D eigenvalue weighted by molar-refractivity contribution is -0.385. The predicted molar refractivity (Wildman–Crippen MR) is 66.4 cm³/mol. The fourth-order valence-corrected chi connectivity index (χ4v) is 1.54. The number of nitrogens with zero attached hydrogens (tertiary/aromatic N) is 2. The van der Waals surface area contributed by atoms with E-state index in [1.165, 1.54) is 12.1 Å². The Labute approximate surface area is 104 Å². The first-order chi connectivity index (χ1) is 8.66. The van der Waals surface area contributed by atoms with Gasteiger partial charge < -0.3 is 4.74 Å². The van der Waals surface area contributed by atoms with Crippen LogP contribution in [0.3, 0.4) is 0 Å². The van der Waals surface area contributed by atoms with Gasteiger partial charge in [-0.1, -0.05) is 30.3 Å². The van der Waals surface area contributed by atoms with Crippen LogP contribution < -0.4 is 4.74 Å². The second-order valence-electron chi connectivity index (χ2n) is 3.79. The van der Waals surface area contributed by atoms with Crippen molar-refractivity contribution in [1.82, 2.24) is 4.98 Å². The molecule has 5 heteroatoms. The van der Waals surface area contributed by atoms with Crippen molar-refractivity contribution in [3.05, 3.63) is 63.8 Å². The summed E-state index contributed by atoms with van der Waals surface area (Å²) in [6.45, 7) is 1.98. The highest BCUT2D eigenvalue weighted by atomic mass is 16.6. The molecule has 0 unspecified atom stereocenters. The maximum absolute atomic E-state index is 10.6. The molecule has 2 aromatic rings. The van der Waals surface area contributed by atoms with E-state index in [1.807, 2.05) is 30.3 Å². The molecule has 0 spiro atoms. The molecule has 1 aromatic heterocycles. The molecule has 0 amide bonds. The minimum absolute atomic E-state index is 0.00191. The van der Waals surface area contributed by atoms with Crippen LogP contribution in [0.2, 0.25) is 0 Å². The number of ether oxygens (including phenoxy) is 1. The summed E-state index contributed by atoms with van der Waals surface area (Å²) in [6, 6.07) is 12.6. The minimum atomic E-state index is -0.455. The van der Waals surface area contributed by atoms with E-state index in [0.717, 1.165) is 5.56 Å². The van der Waals surface area contributed by atoms with Gasteiger partial charge in [-0.05, 0) is 12.5 Å². The Kier molecular flexibility index (Phi) is 3.52. The van der Waals surface area contributed by atoms with E-state index in [2.05, 4.69) is 4.98 Å². The van der Waals surface area contributed by atoms with Crippen LogP contribution in [0.5, 0.6) is 5.88 Å². The van der Waals surface area contributed by atoms with Crippen LogP contribution in [0.4, 0.5) is 5.69 Å². The number of pyridine rings is 1. The average molecular weight is 244 g/mol. The molecule has 0 atom stereocenters. The highest BCUT2D eigenvalue weighted by Gasteiger charge is 2.12. The van der Waals surface area contributed by atoms with E-state index in [1.54, 1.807) is 6.92 Å².